The molecule has 0 heterocycles. The van der Waals surface area contributed by atoms with E-state index < -0.39 is 0 Å². The van der Waals surface area contributed by atoms with E-state index in [1.54, 1.807) is 7.11 Å². The highest BCUT2D eigenvalue weighted by Gasteiger charge is 2.11. The summed E-state index contributed by atoms with van der Waals surface area (Å²) < 4.78 is 11.0. The van der Waals surface area contributed by atoms with Gasteiger partial charge in [-0.3, -0.25) is 4.79 Å². The van der Waals surface area contributed by atoms with Crippen LogP contribution in [0.25, 0.3) is 0 Å². The van der Waals surface area contributed by atoms with Gasteiger partial charge >= 0.3 is 0 Å². The van der Waals surface area contributed by atoms with Gasteiger partial charge in [0, 0.05) is 13.7 Å². The molecular weight excluding hydrogens is 304 g/mol. The molecule has 2 aromatic rings. The monoisotopic (exact) mass is 328 g/mol. The Morgan fingerprint density at radius 2 is 1.79 bits per heavy atom. The lowest BCUT2D eigenvalue weighted by molar-refractivity contribution is -0.115. The van der Waals surface area contributed by atoms with Gasteiger partial charge in [0.1, 0.15) is 11.9 Å². The second-order valence-electron chi connectivity index (χ2n) is 5.38. The number of amides is 1. The largest absolute Gasteiger partial charge is 0.484 e. The number of rotatable bonds is 9. The summed E-state index contributed by atoms with van der Waals surface area (Å²) in [5.74, 6) is 0.536. The maximum absolute atomic E-state index is 12.0. The van der Waals surface area contributed by atoms with Gasteiger partial charge in [-0.05, 0) is 24.6 Å². The van der Waals surface area contributed by atoms with Gasteiger partial charge in [-0.15, -0.1) is 0 Å². The van der Waals surface area contributed by atoms with E-state index >= 15 is 0 Å². The van der Waals surface area contributed by atoms with E-state index in [0.29, 0.717) is 24.6 Å². The molecule has 2 aromatic carbocycles. The summed E-state index contributed by atoms with van der Waals surface area (Å²) in [5.41, 5.74) is 1.75. The third-order valence-corrected chi connectivity index (χ3v) is 3.50. The number of anilines is 1. The fourth-order valence-electron chi connectivity index (χ4n) is 2.23. The molecule has 2 rings (SSSR count). The van der Waals surface area contributed by atoms with Crippen molar-refractivity contribution < 1.29 is 14.3 Å². The van der Waals surface area contributed by atoms with Crippen molar-refractivity contribution in [1.82, 2.24) is 5.32 Å². The summed E-state index contributed by atoms with van der Waals surface area (Å²) in [5, 5.41) is 5.89. The van der Waals surface area contributed by atoms with Crippen LogP contribution in [0.1, 0.15) is 18.6 Å². The number of nitrogens with one attached hydrogen (secondary N) is 2. The van der Waals surface area contributed by atoms with E-state index in [4.69, 9.17) is 9.47 Å². The first-order valence-corrected chi connectivity index (χ1v) is 8.01. The Kier molecular flexibility index (Phi) is 7.26. The highest BCUT2D eigenvalue weighted by Crippen LogP contribution is 2.28. The standard InChI is InChI=1S/C19H24N2O3/c1-15(16-8-4-3-5-9-16)24-18-11-7-6-10-17(18)21-19(22)14-20-12-13-23-2/h3-11,15,20H,12-14H2,1-2H3,(H,21,22). The Morgan fingerprint density at radius 3 is 2.54 bits per heavy atom. The number of hydrogen-bond acceptors (Lipinski definition) is 4. The third kappa shape index (κ3) is 5.68. The SMILES string of the molecule is COCCNCC(=O)Nc1ccccc1OC(C)c1ccccc1. The number of ether oxygens (including phenoxy) is 2. The highest BCUT2D eigenvalue weighted by atomic mass is 16.5. The van der Waals surface area contributed by atoms with Gasteiger partial charge in [-0.2, -0.15) is 0 Å². The molecule has 0 saturated carbocycles. The lowest BCUT2D eigenvalue weighted by Crippen LogP contribution is -2.30. The van der Waals surface area contributed by atoms with Crippen LogP contribution >= 0.6 is 0 Å². The first kappa shape index (κ1) is 18.0. The van der Waals surface area contributed by atoms with E-state index in [2.05, 4.69) is 10.6 Å². The Labute approximate surface area is 143 Å². The molecule has 0 aromatic heterocycles. The summed E-state index contributed by atoms with van der Waals surface area (Å²) in [7, 11) is 1.63. The molecule has 1 amide bonds. The van der Waals surface area contributed by atoms with Gasteiger partial charge in [0.05, 0.1) is 18.8 Å². The average Bonchev–Trinajstić information content (AvgIpc) is 2.61. The van der Waals surface area contributed by atoms with E-state index in [1.165, 1.54) is 0 Å². The molecule has 0 spiro atoms. The van der Waals surface area contributed by atoms with Crippen LogP contribution < -0.4 is 15.4 Å². The second-order valence-corrected chi connectivity index (χ2v) is 5.38. The molecule has 1 unspecified atom stereocenters. The van der Waals surface area contributed by atoms with Crippen LogP contribution in [0.4, 0.5) is 5.69 Å². The normalized spacial score (nSPS) is 11.8. The molecule has 0 saturated heterocycles. The molecule has 1 atom stereocenters. The van der Waals surface area contributed by atoms with Crippen LogP contribution in [0.15, 0.2) is 54.6 Å². The number of carbonyl (C=O) groups is 1. The molecule has 0 fully saturated rings. The summed E-state index contributed by atoms with van der Waals surface area (Å²) >= 11 is 0. The molecule has 2 N–H and O–H groups in total. The van der Waals surface area contributed by atoms with E-state index in [1.807, 2.05) is 61.5 Å². The Morgan fingerprint density at radius 1 is 1.08 bits per heavy atom. The Balaban J connectivity index is 1.96. The molecule has 5 heteroatoms. The number of carbonyl (C=O) groups excluding carboxylic acids is 1. The number of para-hydroxylation sites is 2. The topological polar surface area (TPSA) is 59.6 Å². The average molecular weight is 328 g/mol. The Hall–Kier alpha value is -2.37. The van der Waals surface area contributed by atoms with Crippen molar-refractivity contribution in [3.63, 3.8) is 0 Å². The van der Waals surface area contributed by atoms with Crippen LogP contribution in [-0.2, 0) is 9.53 Å². The van der Waals surface area contributed by atoms with E-state index in [9.17, 15) is 4.79 Å². The maximum atomic E-state index is 12.0. The first-order chi connectivity index (χ1) is 11.7. The van der Waals surface area contributed by atoms with E-state index in [-0.39, 0.29) is 18.6 Å². The van der Waals surface area contributed by atoms with Crippen molar-refractivity contribution >= 4 is 11.6 Å². The molecule has 0 aliphatic rings. The predicted octanol–water partition coefficient (Wildman–Crippen LogP) is 3.00. The zero-order valence-electron chi connectivity index (χ0n) is 14.1. The maximum Gasteiger partial charge on any atom is 0.238 e. The number of hydrogen-bond donors (Lipinski definition) is 2. The highest BCUT2D eigenvalue weighted by molar-refractivity contribution is 5.93. The first-order valence-electron chi connectivity index (χ1n) is 8.01. The number of methoxy groups -OCH3 is 1. The van der Waals surface area contributed by atoms with E-state index in [0.717, 1.165) is 5.56 Å². The summed E-state index contributed by atoms with van der Waals surface area (Å²) in [6.45, 7) is 3.42. The molecule has 128 valence electrons. The van der Waals surface area contributed by atoms with Gasteiger partial charge in [0.2, 0.25) is 5.91 Å². The molecule has 0 aliphatic carbocycles. The summed E-state index contributed by atoms with van der Waals surface area (Å²) in [6, 6.07) is 17.4. The van der Waals surface area contributed by atoms with Crippen molar-refractivity contribution in [2.75, 3.05) is 32.1 Å². The lowest BCUT2D eigenvalue weighted by atomic mass is 10.1. The molecule has 0 bridgehead atoms. The van der Waals surface area contributed by atoms with Gasteiger partial charge in [0.25, 0.3) is 0 Å². The zero-order valence-corrected chi connectivity index (χ0v) is 14.1. The van der Waals surface area contributed by atoms with Crippen LogP contribution in [0.2, 0.25) is 0 Å². The van der Waals surface area contributed by atoms with Crippen LogP contribution in [0.3, 0.4) is 0 Å². The molecular formula is C19H24N2O3. The van der Waals surface area contributed by atoms with Gasteiger partial charge in [-0.25, -0.2) is 0 Å². The quantitative estimate of drug-likeness (QED) is 0.695. The van der Waals surface area contributed by atoms with Gasteiger partial charge < -0.3 is 20.1 Å². The van der Waals surface area contributed by atoms with Crippen LogP contribution in [0.5, 0.6) is 5.75 Å². The van der Waals surface area contributed by atoms with Crippen molar-refractivity contribution in [3.8, 4) is 5.75 Å². The molecule has 0 aliphatic heterocycles. The minimum Gasteiger partial charge on any atom is -0.484 e. The smallest absolute Gasteiger partial charge is 0.238 e. The Bertz CT molecular complexity index is 632. The summed E-state index contributed by atoms with van der Waals surface area (Å²) in [4.78, 5) is 12.0. The fourth-order valence-corrected chi connectivity index (χ4v) is 2.23. The molecule has 5 nitrogen and oxygen atoms in total. The zero-order chi connectivity index (χ0) is 17.2. The minimum absolute atomic E-state index is 0.107. The van der Waals surface area contributed by atoms with Gasteiger partial charge in [-0.1, -0.05) is 42.5 Å². The van der Waals surface area contributed by atoms with Gasteiger partial charge in [0.15, 0.2) is 0 Å². The second kappa shape index (κ2) is 9.70. The molecule has 0 radical (unpaired) electrons. The van der Waals surface area contributed by atoms with Crippen molar-refractivity contribution in [2.45, 2.75) is 13.0 Å². The fraction of sp³-hybridized carbons (Fsp3) is 0.316. The number of benzene rings is 2. The van der Waals surface area contributed by atoms with Crippen molar-refractivity contribution in [1.29, 1.82) is 0 Å². The molecule has 24 heavy (non-hydrogen) atoms. The minimum atomic E-state index is -0.116. The lowest BCUT2D eigenvalue weighted by Gasteiger charge is -2.18. The summed E-state index contributed by atoms with van der Waals surface area (Å²) in [6.07, 6.45) is -0.107. The van der Waals surface area contributed by atoms with Crippen LogP contribution in [-0.4, -0.2) is 32.7 Å². The van der Waals surface area contributed by atoms with Crippen LogP contribution in [0, 0.1) is 0 Å². The van der Waals surface area contributed by atoms with Crippen molar-refractivity contribution in [2.24, 2.45) is 0 Å². The van der Waals surface area contributed by atoms with Crippen molar-refractivity contribution in [3.05, 3.63) is 60.2 Å². The predicted molar refractivity (Wildman–Crippen MR) is 95.3 cm³/mol. The third-order valence-electron chi connectivity index (χ3n) is 3.50.